The molecule has 0 aromatic rings. The SMILES string of the molecule is CN=C(NCCNC(C)(C)C)N1CCC(C2(C)NC(=O)NC2=O)CC1. The number of urea groups is 1. The number of piperidine rings is 1. The lowest BCUT2D eigenvalue weighted by molar-refractivity contribution is -0.125. The Hall–Kier alpha value is -1.83. The van der Waals surface area contributed by atoms with Crippen molar-refractivity contribution in [3.63, 3.8) is 0 Å². The first-order valence-electron chi connectivity index (χ1n) is 9.00. The van der Waals surface area contributed by atoms with Crippen molar-refractivity contribution in [3.05, 3.63) is 0 Å². The van der Waals surface area contributed by atoms with Gasteiger partial charge in [0.2, 0.25) is 0 Å². The summed E-state index contributed by atoms with van der Waals surface area (Å²) >= 11 is 0. The van der Waals surface area contributed by atoms with Crippen molar-refractivity contribution in [2.45, 2.75) is 51.6 Å². The van der Waals surface area contributed by atoms with Crippen LogP contribution in [0.5, 0.6) is 0 Å². The van der Waals surface area contributed by atoms with Crippen molar-refractivity contribution in [3.8, 4) is 0 Å². The lowest BCUT2D eigenvalue weighted by Crippen LogP contribution is -2.55. The van der Waals surface area contributed by atoms with Crippen LogP contribution in [0.1, 0.15) is 40.5 Å². The monoisotopic (exact) mass is 352 g/mol. The van der Waals surface area contributed by atoms with E-state index in [-0.39, 0.29) is 17.4 Å². The van der Waals surface area contributed by atoms with Crippen LogP contribution in [0.3, 0.4) is 0 Å². The van der Waals surface area contributed by atoms with E-state index < -0.39 is 11.6 Å². The molecule has 142 valence electrons. The minimum Gasteiger partial charge on any atom is -0.355 e. The van der Waals surface area contributed by atoms with Crippen LogP contribution in [-0.4, -0.2) is 67.1 Å². The third-order valence-electron chi connectivity index (χ3n) is 4.96. The summed E-state index contributed by atoms with van der Waals surface area (Å²) in [5.74, 6) is 0.807. The summed E-state index contributed by atoms with van der Waals surface area (Å²) in [6.07, 6.45) is 1.68. The van der Waals surface area contributed by atoms with Gasteiger partial charge in [-0.15, -0.1) is 0 Å². The molecule has 2 fully saturated rings. The van der Waals surface area contributed by atoms with E-state index in [0.717, 1.165) is 45.0 Å². The minimum atomic E-state index is -0.795. The fraction of sp³-hybridized carbons (Fsp3) is 0.824. The van der Waals surface area contributed by atoms with Crippen molar-refractivity contribution in [2.75, 3.05) is 33.2 Å². The maximum absolute atomic E-state index is 12.1. The molecule has 8 nitrogen and oxygen atoms in total. The number of rotatable bonds is 4. The van der Waals surface area contributed by atoms with Gasteiger partial charge in [0, 0.05) is 38.8 Å². The van der Waals surface area contributed by atoms with Crippen LogP contribution in [0.2, 0.25) is 0 Å². The van der Waals surface area contributed by atoms with Crippen molar-refractivity contribution in [2.24, 2.45) is 10.9 Å². The lowest BCUT2D eigenvalue weighted by atomic mass is 9.79. The number of imide groups is 1. The van der Waals surface area contributed by atoms with Gasteiger partial charge in [0.1, 0.15) is 5.54 Å². The maximum Gasteiger partial charge on any atom is 0.322 e. The number of likely N-dealkylation sites (tertiary alicyclic amines) is 1. The summed E-state index contributed by atoms with van der Waals surface area (Å²) in [5, 5.41) is 12.0. The summed E-state index contributed by atoms with van der Waals surface area (Å²) in [4.78, 5) is 30.1. The predicted octanol–water partition coefficient (Wildman–Crippen LogP) is 0.260. The number of carbonyl (C=O) groups is 2. The summed E-state index contributed by atoms with van der Waals surface area (Å²) in [7, 11) is 1.79. The molecule has 0 aromatic carbocycles. The molecule has 0 bridgehead atoms. The quantitative estimate of drug-likeness (QED) is 0.252. The second-order valence-electron chi connectivity index (χ2n) is 8.02. The number of hydrogen-bond donors (Lipinski definition) is 4. The molecule has 2 aliphatic rings. The fourth-order valence-corrected chi connectivity index (χ4v) is 3.46. The summed E-state index contributed by atoms with van der Waals surface area (Å²) < 4.78 is 0. The number of carbonyl (C=O) groups excluding carboxylic acids is 2. The number of hydrogen-bond acceptors (Lipinski definition) is 4. The molecule has 1 atom stereocenters. The van der Waals surface area contributed by atoms with Crippen molar-refractivity contribution in [1.29, 1.82) is 0 Å². The fourth-order valence-electron chi connectivity index (χ4n) is 3.46. The number of amides is 3. The molecular weight excluding hydrogens is 320 g/mol. The number of nitrogens with zero attached hydrogens (tertiary/aromatic N) is 2. The largest absolute Gasteiger partial charge is 0.355 e. The van der Waals surface area contributed by atoms with Gasteiger partial charge in [0.25, 0.3) is 5.91 Å². The van der Waals surface area contributed by atoms with E-state index in [9.17, 15) is 9.59 Å². The van der Waals surface area contributed by atoms with E-state index in [0.29, 0.717) is 0 Å². The van der Waals surface area contributed by atoms with Gasteiger partial charge < -0.3 is 20.9 Å². The van der Waals surface area contributed by atoms with E-state index in [4.69, 9.17) is 0 Å². The van der Waals surface area contributed by atoms with Gasteiger partial charge in [0.05, 0.1) is 0 Å². The Kier molecular flexibility index (Phi) is 5.92. The standard InChI is InChI=1S/C17H32N6O2/c1-16(2,3)20-9-8-19-14(18-5)23-10-6-12(7-11-23)17(4)13(24)21-15(25)22-17/h12,20H,6-11H2,1-5H3,(H,18,19)(H2,21,22,24,25). The second kappa shape index (κ2) is 7.59. The molecular formula is C17H32N6O2. The van der Waals surface area contributed by atoms with Crippen LogP contribution >= 0.6 is 0 Å². The Morgan fingerprint density at radius 3 is 2.40 bits per heavy atom. The molecule has 0 aliphatic carbocycles. The van der Waals surface area contributed by atoms with Crippen molar-refractivity contribution in [1.82, 2.24) is 26.2 Å². The Labute approximate surface area is 150 Å². The highest BCUT2D eigenvalue weighted by molar-refractivity contribution is 6.07. The molecule has 0 saturated carbocycles. The Morgan fingerprint density at radius 1 is 1.28 bits per heavy atom. The Morgan fingerprint density at radius 2 is 1.92 bits per heavy atom. The zero-order valence-electron chi connectivity index (χ0n) is 16.0. The zero-order valence-corrected chi connectivity index (χ0v) is 16.0. The molecule has 2 rings (SSSR count). The van der Waals surface area contributed by atoms with E-state index in [1.165, 1.54) is 0 Å². The van der Waals surface area contributed by atoms with E-state index >= 15 is 0 Å². The molecule has 0 radical (unpaired) electrons. The smallest absolute Gasteiger partial charge is 0.322 e. The first kappa shape index (κ1) is 19.5. The highest BCUT2D eigenvalue weighted by Gasteiger charge is 2.48. The zero-order chi connectivity index (χ0) is 18.7. The van der Waals surface area contributed by atoms with Gasteiger partial charge in [-0.2, -0.15) is 0 Å². The van der Waals surface area contributed by atoms with Gasteiger partial charge in [-0.3, -0.25) is 15.1 Å². The average molecular weight is 352 g/mol. The normalized spacial score (nSPS) is 25.8. The van der Waals surface area contributed by atoms with E-state index in [1.807, 2.05) is 6.92 Å². The lowest BCUT2D eigenvalue weighted by Gasteiger charge is -2.39. The topological polar surface area (TPSA) is 97.9 Å². The molecule has 2 saturated heterocycles. The van der Waals surface area contributed by atoms with Crippen LogP contribution in [0, 0.1) is 5.92 Å². The average Bonchev–Trinajstić information content (AvgIpc) is 2.80. The first-order chi connectivity index (χ1) is 11.7. The third-order valence-corrected chi connectivity index (χ3v) is 4.96. The predicted molar refractivity (Wildman–Crippen MR) is 98.5 cm³/mol. The van der Waals surface area contributed by atoms with Crippen molar-refractivity contribution < 1.29 is 9.59 Å². The molecule has 4 N–H and O–H groups in total. The molecule has 0 aromatic heterocycles. The molecule has 8 heteroatoms. The molecule has 2 aliphatic heterocycles. The third kappa shape index (κ3) is 4.84. The molecule has 25 heavy (non-hydrogen) atoms. The number of guanidine groups is 1. The van der Waals surface area contributed by atoms with Gasteiger partial charge >= 0.3 is 6.03 Å². The maximum atomic E-state index is 12.1. The van der Waals surface area contributed by atoms with Crippen LogP contribution < -0.4 is 21.3 Å². The van der Waals surface area contributed by atoms with Gasteiger partial charge in [-0.05, 0) is 46.5 Å². The van der Waals surface area contributed by atoms with Crippen LogP contribution in [0.4, 0.5) is 4.79 Å². The summed E-state index contributed by atoms with van der Waals surface area (Å²) in [5.41, 5.74) is -0.692. The number of nitrogens with one attached hydrogen (secondary N) is 4. The van der Waals surface area contributed by atoms with Gasteiger partial charge in [-0.1, -0.05) is 0 Å². The molecule has 1 unspecified atom stereocenters. The number of aliphatic imine (C=N–C) groups is 1. The van der Waals surface area contributed by atoms with E-state index in [2.05, 4.69) is 51.9 Å². The molecule has 3 amide bonds. The van der Waals surface area contributed by atoms with Gasteiger partial charge in [-0.25, -0.2) is 4.79 Å². The van der Waals surface area contributed by atoms with E-state index in [1.54, 1.807) is 7.05 Å². The second-order valence-corrected chi connectivity index (χ2v) is 8.02. The van der Waals surface area contributed by atoms with Crippen LogP contribution in [-0.2, 0) is 4.79 Å². The van der Waals surface area contributed by atoms with Gasteiger partial charge in [0.15, 0.2) is 5.96 Å². The molecule has 2 heterocycles. The highest BCUT2D eigenvalue weighted by Crippen LogP contribution is 2.30. The molecule has 0 spiro atoms. The minimum absolute atomic E-state index is 0.102. The highest BCUT2D eigenvalue weighted by atomic mass is 16.2. The van der Waals surface area contributed by atoms with Crippen LogP contribution in [0.25, 0.3) is 0 Å². The first-order valence-corrected chi connectivity index (χ1v) is 9.00. The summed E-state index contributed by atoms with van der Waals surface area (Å²) in [6, 6.07) is -0.390. The Balaban J connectivity index is 1.82. The van der Waals surface area contributed by atoms with Crippen LogP contribution in [0.15, 0.2) is 4.99 Å². The Bertz CT molecular complexity index is 534. The summed E-state index contributed by atoms with van der Waals surface area (Å²) in [6.45, 7) is 11.6. The van der Waals surface area contributed by atoms with Crippen molar-refractivity contribution >= 4 is 17.9 Å².